The minimum atomic E-state index is -0.511. The zero-order valence-corrected chi connectivity index (χ0v) is 8.33. The molecule has 70 valence electrons. The van der Waals surface area contributed by atoms with Crippen LogP contribution in [0.15, 0.2) is 0 Å². The van der Waals surface area contributed by atoms with Crippen molar-refractivity contribution in [1.82, 2.24) is 10.6 Å². The highest BCUT2D eigenvalue weighted by Crippen LogP contribution is 1.91. The molecule has 0 aromatic carbocycles. The predicted molar refractivity (Wildman–Crippen MR) is 51.0 cm³/mol. The van der Waals surface area contributed by atoms with Gasteiger partial charge in [-0.05, 0) is 18.1 Å². The maximum Gasteiger partial charge on any atom is 0.413 e. The first-order valence-electron chi connectivity index (χ1n) is 3.71. The number of hydrogen-bond acceptors (Lipinski definition) is 3. The van der Waals surface area contributed by atoms with Crippen LogP contribution in [0.25, 0.3) is 0 Å². The monoisotopic (exact) mass is 190 g/mol. The highest BCUT2D eigenvalue weighted by molar-refractivity contribution is 7.80. The van der Waals surface area contributed by atoms with Crippen LogP contribution in [-0.4, -0.2) is 24.9 Å². The van der Waals surface area contributed by atoms with Crippen molar-refractivity contribution in [3.05, 3.63) is 0 Å². The second kappa shape index (κ2) is 5.77. The smallest absolute Gasteiger partial charge is 0.413 e. The fourth-order valence-corrected chi connectivity index (χ4v) is 0.517. The minimum absolute atomic E-state index is 0.267. The Bertz CT molecular complexity index is 171. The van der Waals surface area contributed by atoms with E-state index in [0.29, 0.717) is 12.5 Å². The molecule has 0 saturated carbocycles. The van der Waals surface area contributed by atoms with E-state index < -0.39 is 6.09 Å². The molecule has 0 aromatic heterocycles. The molecule has 4 nitrogen and oxygen atoms in total. The molecule has 0 spiro atoms. The summed E-state index contributed by atoms with van der Waals surface area (Å²) in [7, 11) is 1.63. The molecular weight excluding hydrogens is 176 g/mol. The van der Waals surface area contributed by atoms with Gasteiger partial charge in [-0.25, -0.2) is 4.79 Å². The van der Waals surface area contributed by atoms with Crippen LogP contribution in [0.4, 0.5) is 4.79 Å². The summed E-state index contributed by atoms with van der Waals surface area (Å²) in [5, 5.41) is 5.21. The van der Waals surface area contributed by atoms with Gasteiger partial charge >= 0.3 is 6.09 Å². The molecule has 0 aromatic rings. The lowest BCUT2D eigenvalue weighted by Gasteiger charge is -2.08. The molecule has 0 aliphatic rings. The number of rotatable bonds is 2. The highest BCUT2D eigenvalue weighted by Gasteiger charge is 2.04. The van der Waals surface area contributed by atoms with Crippen LogP contribution < -0.4 is 10.6 Å². The third-order valence-electron chi connectivity index (χ3n) is 0.990. The summed E-state index contributed by atoms with van der Waals surface area (Å²) in [5.74, 6) is 0.332. The first-order valence-corrected chi connectivity index (χ1v) is 4.12. The molecule has 0 aliphatic carbocycles. The zero-order valence-electron chi connectivity index (χ0n) is 7.51. The Balaban J connectivity index is 3.53. The first-order chi connectivity index (χ1) is 5.56. The second-order valence-corrected chi connectivity index (χ2v) is 3.10. The highest BCUT2D eigenvalue weighted by atomic mass is 32.1. The van der Waals surface area contributed by atoms with Gasteiger partial charge in [0, 0.05) is 7.05 Å². The largest absolute Gasteiger partial charge is 0.449 e. The first kappa shape index (κ1) is 11.2. The molecule has 0 radical (unpaired) electrons. The Morgan fingerprint density at radius 2 is 2.17 bits per heavy atom. The van der Waals surface area contributed by atoms with Crippen LogP contribution in [0.2, 0.25) is 0 Å². The van der Waals surface area contributed by atoms with Crippen LogP contribution in [0.5, 0.6) is 0 Å². The van der Waals surface area contributed by atoms with E-state index in [0.717, 1.165) is 0 Å². The van der Waals surface area contributed by atoms with E-state index >= 15 is 0 Å². The molecule has 0 aliphatic heterocycles. The molecule has 2 N–H and O–H groups in total. The summed E-state index contributed by atoms with van der Waals surface area (Å²) >= 11 is 4.69. The predicted octanol–water partition coefficient (Wildman–Crippen LogP) is 0.873. The average Bonchev–Trinajstić information content (AvgIpc) is 2.00. The lowest BCUT2D eigenvalue weighted by molar-refractivity contribution is 0.138. The molecule has 0 atom stereocenters. The lowest BCUT2D eigenvalue weighted by Crippen LogP contribution is -2.37. The van der Waals surface area contributed by atoms with Crippen LogP contribution >= 0.6 is 12.2 Å². The number of ether oxygens (including phenoxy) is 1. The Hall–Kier alpha value is -0.840. The van der Waals surface area contributed by atoms with Gasteiger partial charge in [0.15, 0.2) is 5.11 Å². The van der Waals surface area contributed by atoms with Gasteiger partial charge in [-0.2, -0.15) is 0 Å². The van der Waals surface area contributed by atoms with E-state index in [2.05, 4.69) is 22.9 Å². The van der Waals surface area contributed by atoms with Gasteiger partial charge in [0.1, 0.15) is 0 Å². The van der Waals surface area contributed by atoms with Crippen molar-refractivity contribution in [3.8, 4) is 0 Å². The zero-order chi connectivity index (χ0) is 9.56. The number of thiocarbonyl (C=S) groups is 1. The fraction of sp³-hybridized carbons (Fsp3) is 0.714. The van der Waals surface area contributed by atoms with E-state index in [4.69, 9.17) is 4.74 Å². The molecular formula is C7H14N2O2S. The normalized spacial score (nSPS) is 9.33. The van der Waals surface area contributed by atoms with Crippen molar-refractivity contribution in [2.75, 3.05) is 13.7 Å². The van der Waals surface area contributed by atoms with Crippen LogP contribution in [0.3, 0.4) is 0 Å². The van der Waals surface area contributed by atoms with E-state index in [1.54, 1.807) is 7.05 Å². The lowest BCUT2D eigenvalue weighted by atomic mass is 10.2. The van der Waals surface area contributed by atoms with Gasteiger partial charge in [0.05, 0.1) is 6.61 Å². The molecule has 0 unspecified atom stereocenters. The van der Waals surface area contributed by atoms with Gasteiger partial charge in [-0.1, -0.05) is 13.8 Å². The summed E-state index contributed by atoms with van der Waals surface area (Å²) in [6.45, 7) is 4.32. The molecule has 0 saturated heterocycles. The number of amides is 1. The standard InChI is InChI=1S/C7H14N2O2S/c1-5(2)4-11-7(10)9-6(12)8-3/h5H,4H2,1-3H3,(H2,8,9,10,12). The van der Waals surface area contributed by atoms with Crippen molar-refractivity contribution in [2.24, 2.45) is 5.92 Å². The molecule has 0 rings (SSSR count). The van der Waals surface area contributed by atoms with Crippen LogP contribution in [-0.2, 0) is 4.74 Å². The summed E-state index contributed by atoms with van der Waals surface area (Å²) in [6.07, 6.45) is -0.511. The molecule has 0 fully saturated rings. The summed E-state index contributed by atoms with van der Waals surface area (Å²) in [4.78, 5) is 10.9. The van der Waals surface area contributed by atoms with Crippen molar-refractivity contribution in [3.63, 3.8) is 0 Å². The van der Waals surface area contributed by atoms with Crippen molar-refractivity contribution in [1.29, 1.82) is 0 Å². The topological polar surface area (TPSA) is 50.4 Å². The van der Waals surface area contributed by atoms with Gasteiger partial charge in [-0.15, -0.1) is 0 Å². The quantitative estimate of drug-likeness (QED) is 0.634. The summed E-state index contributed by atoms with van der Waals surface area (Å²) in [6, 6.07) is 0. The Morgan fingerprint density at radius 1 is 1.58 bits per heavy atom. The molecule has 1 amide bonds. The minimum Gasteiger partial charge on any atom is -0.449 e. The van der Waals surface area contributed by atoms with Crippen LogP contribution in [0, 0.1) is 5.92 Å². The Kier molecular flexibility index (Phi) is 5.36. The number of carbonyl (C=O) groups excluding carboxylic acids is 1. The maximum atomic E-state index is 10.9. The van der Waals surface area contributed by atoms with E-state index in [-0.39, 0.29) is 5.11 Å². The van der Waals surface area contributed by atoms with Gasteiger partial charge in [0.2, 0.25) is 0 Å². The third kappa shape index (κ3) is 5.91. The average molecular weight is 190 g/mol. The maximum absolute atomic E-state index is 10.9. The molecule has 12 heavy (non-hydrogen) atoms. The van der Waals surface area contributed by atoms with Gasteiger partial charge < -0.3 is 10.1 Å². The van der Waals surface area contributed by atoms with Crippen LogP contribution in [0.1, 0.15) is 13.8 Å². The number of hydrogen-bond donors (Lipinski definition) is 2. The molecule has 0 heterocycles. The van der Waals surface area contributed by atoms with Crippen molar-refractivity contribution >= 4 is 23.4 Å². The van der Waals surface area contributed by atoms with E-state index in [1.165, 1.54) is 0 Å². The SMILES string of the molecule is CNC(=S)NC(=O)OCC(C)C. The van der Waals surface area contributed by atoms with Crippen molar-refractivity contribution in [2.45, 2.75) is 13.8 Å². The van der Waals surface area contributed by atoms with Gasteiger partial charge in [-0.3, -0.25) is 5.32 Å². The second-order valence-electron chi connectivity index (χ2n) is 2.70. The Labute approximate surface area is 77.7 Å². The van der Waals surface area contributed by atoms with Crippen molar-refractivity contribution < 1.29 is 9.53 Å². The van der Waals surface area contributed by atoms with E-state index in [9.17, 15) is 4.79 Å². The number of alkyl carbamates (subject to hydrolysis) is 1. The third-order valence-corrected chi connectivity index (χ3v) is 1.30. The molecule has 5 heteroatoms. The number of carbonyl (C=O) groups is 1. The fourth-order valence-electron chi connectivity index (χ4n) is 0.434. The summed E-state index contributed by atoms with van der Waals surface area (Å²) in [5.41, 5.74) is 0. The number of nitrogens with one attached hydrogen (secondary N) is 2. The molecule has 0 bridgehead atoms. The van der Waals surface area contributed by atoms with Gasteiger partial charge in [0.25, 0.3) is 0 Å². The van der Waals surface area contributed by atoms with E-state index in [1.807, 2.05) is 13.8 Å². The summed E-state index contributed by atoms with van der Waals surface area (Å²) < 4.78 is 4.80. The Morgan fingerprint density at radius 3 is 2.58 bits per heavy atom.